The van der Waals surface area contributed by atoms with E-state index < -0.39 is 47.8 Å². The number of carbonyl (C=O) groups excluding carboxylic acids is 5. The fraction of sp³-hybridized carbons (Fsp3) is 0.500. The maximum atomic E-state index is 13.6. The first-order valence-corrected chi connectivity index (χ1v) is 13.7. The number of oxazole rings is 1. The largest absolute Gasteiger partial charge is 0.446 e. The molecule has 2 aliphatic heterocycles. The zero-order chi connectivity index (χ0) is 28.6. The Kier molecular flexibility index (Phi) is 9.52. The Labute approximate surface area is 232 Å². The molecule has 1 fully saturated rings. The fourth-order valence-corrected chi connectivity index (χ4v) is 4.75. The predicted molar refractivity (Wildman–Crippen MR) is 144 cm³/mol. The number of hydrogen-bond donors (Lipinski definition) is 5. The number of amides is 5. The first kappa shape index (κ1) is 28.8. The maximum Gasteiger partial charge on any atom is 0.273 e. The molecule has 5 amide bonds. The van der Waals surface area contributed by atoms with E-state index in [1.165, 1.54) is 6.26 Å². The summed E-state index contributed by atoms with van der Waals surface area (Å²) >= 11 is 0. The molecule has 1 aromatic heterocycles. The summed E-state index contributed by atoms with van der Waals surface area (Å²) < 4.78 is 5.57. The summed E-state index contributed by atoms with van der Waals surface area (Å²) in [5, 5.41) is 13.9. The second kappa shape index (κ2) is 13.2. The number of hydrogen-bond acceptors (Lipinski definition) is 7. The Morgan fingerprint density at radius 2 is 1.80 bits per heavy atom. The van der Waals surface area contributed by atoms with E-state index in [1.54, 1.807) is 0 Å². The van der Waals surface area contributed by atoms with Crippen LogP contribution in [0.3, 0.4) is 0 Å². The molecule has 1 saturated heterocycles. The van der Waals surface area contributed by atoms with E-state index in [0.29, 0.717) is 25.8 Å². The highest BCUT2D eigenvalue weighted by Gasteiger charge is 2.33. The summed E-state index contributed by atoms with van der Waals surface area (Å²) in [5.41, 5.74) is 0.947. The normalized spacial score (nSPS) is 24.6. The van der Waals surface area contributed by atoms with Crippen molar-refractivity contribution in [2.75, 3.05) is 6.54 Å². The third-order valence-corrected chi connectivity index (χ3v) is 7.05. The smallest absolute Gasteiger partial charge is 0.273 e. The summed E-state index contributed by atoms with van der Waals surface area (Å²) in [5.74, 6) is -1.98. The van der Waals surface area contributed by atoms with Crippen LogP contribution in [0.1, 0.15) is 73.9 Å². The van der Waals surface area contributed by atoms with E-state index in [2.05, 4.69) is 31.6 Å². The van der Waals surface area contributed by atoms with E-state index >= 15 is 0 Å². The third-order valence-electron chi connectivity index (χ3n) is 7.05. The summed E-state index contributed by atoms with van der Waals surface area (Å²) in [4.78, 5) is 68.5. The number of benzene rings is 1. The van der Waals surface area contributed by atoms with Crippen LogP contribution < -0.4 is 26.6 Å². The highest BCUT2D eigenvalue weighted by atomic mass is 16.3. The van der Waals surface area contributed by atoms with Gasteiger partial charge in [-0.25, -0.2) is 4.98 Å². The van der Waals surface area contributed by atoms with E-state index in [1.807, 2.05) is 44.2 Å². The first-order chi connectivity index (χ1) is 19.2. The van der Waals surface area contributed by atoms with Crippen molar-refractivity contribution in [1.29, 1.82) is 0 Å². The minimum atomic E-state index is -0.965. The minimum Gasteiger partial charge on any atom is -0.446 e. The molecular weight excluding hydrogens is 516 g/mol. The van der Waals surface area contributed by atoms with Gasteiger partial charge in [-0.05, 0) is 37.2 Å². The molecule has 0 aliphatic carbocycles. The predicted octanol–water partition coefficient (Wildman–Crippen LogP) is 0.893. The van der Waals surface area contributed by atoms with Gasteiger partial charge < -0.3 is 31.0 Å². The second-order valence-electron chi connectivity index (χ2n) is 10.5. The molecule has 4 rings (SSSR count). The highest BCUT2D eigenvalue weighted by molar-refractivity contribution is 5.95. The van der Waals surface area contributed by atoms with Crippen molar-refractivity contribution in [2.45, 2.75) is 76.5 Å². The zero-order valence-corrected chi connectivity index (χ0v) is 22.7. The van der Waals surface area contributed by atoms with Crippen molar-refractivity contribution in [3.63, 3.8) is 0 Å². The van der Waals surface area contributed by atoms with Crippen LogP contribution in [0, 0.1) is 5.92 Å². The number of nitrogens with one attached hydrogen (secondary N) is 5. The van der Waals surface area contributed by atoms with Crippen LogP contribution >= 0.6 is 0 Å². The van der Waals surface area contributed by atoms with Crippen LogP contribution in [0.4, 0.5) is 0 Å². The molecule has 4 atom stereocenters. The van der Waals surface area contributed by atoms with Gasteiger partial charge in [0.25, 0.3) is 5.91 Å². The lowest BCUT2D eigenvalue weighted by Crippen LogP contribution is -2.56. The Hall–Kier alpha value is -4.22. The lowest BCUT2D eigenvalue weighted by molar-refractivity contribution is -0.133. The van der Waals surface area contributed by atoms with E-state index in [4.69, 9.17) is 4.42 Å². The lowest BCUT2D eigenvalue weighted by atomic mass is 10.0. The van der Waals surface area contributed by atoms with Gasteiger partial charge in [-0.3, -0.25) is 24.0 Å². The summed E-state index contributed by atoms with van der Waals surface area (Å²) in [6.07, 6.45) is 3.39. The standard InChI is InChI=1S/C28H36N6O6/c1-16(2)23-28-33-21(15-40-28)24(36)29-13-7-6-10-18(31-26(38)19-11-12-22(35)30-19)25(37)32-20(27(39)34-23)14-17-8-4-3-5-9-17/h3-5,8-9,15-16,18-20,23H,6-7,10-14H2,1-2H3,(H,29,36)(H,30,35)(H,31,38)(H,32,37)(H,34,39)/t18-,19+,20-,23-/m0/s1. The maximum absolute atomic E-state index is 13.6. The van der Waals surface area contributed by atoms with E-state index in [0.717, 1.165) is 5.56 Å². The van der Waals surface area contributed by atoms with Crippen LogP contribution in [0.2, 0.25) is 0 Å². The number of rotatable bonds is 5. The molecule has 0 saturated carbocycles. The quantitative estimate of drug-likeness (QED) is 0.367. The molecule has 0 unspecified atom stereocenters. The SMILES string of the molecule is CC(C)[C@@H]1NC(=O)[C@H](Cc2ccccc2)NC(=O)[C@@H](NC(=O)[C@H]2CCC(=O)N2)CCCCNC(=O)c2coc1n2. The minimum absolute atomic E-state index is 0.111. The Morgan fingerprint density at radius 3 is 2.50 bits per heavy atom. The van der Waals surface area contributed by atoms with Gasteiger partial charge in [-0.2, -0.15) is 0 Å². The van der Waals surface area contributed by atoms with Gasteiger partial charge in [0.2, 0.25) is 29.5 Å². The molecule has 2 aliphatic rings. The van der Waals surface area contributed by atoms with Crippen LogP contribution in [0.15, 0.2) is 41.0 Å². The van der Waals surface area contributed by atoms with E-state index in [9.17, 15) is 24.0 Å². The highest BCUT2D eigenvalue weighted by Crippen LogP contribution is 2.22. The molecule has 12 nitrogen and oxygen atoms in total. The van der Waals surface area contributed by atoms with E-state index in [-0.39, 0.29) is 42.7 Å². The van der Waals surface area contributed by atoms with Gasteiger partial charge >= 0.3 is 0 Å². The molecule has 2 aromatic rings. The molecule has 2 bridgehead atoms. The molecule has 0 spiro atoms. The third kappa shape index (κ3) is 7.45. The fourth-order valence-electron chi connectivity index (χ4n) is 4.75. The number of carbonyl (C=O) groups is 5. The van der Waals surface area contributed by atoms with Gasteiger partial charge in [0, 0.05) is 19.4 Å². The van der Waals surface area contributed by atoms with Crippen molar-refractivity contribution < 1.29 is 28.4 Å². The van der Waals surface area contributed by atoms with Crippen molar-refractivity contribution in [2.24, 2.45) is 5.92 Å². The Balaban J connectivity index is 1.60. The molecule has 3 heterocycles. The molecule has 5 N–H and O–H groups in total. The summed E-state index contributed by atoms with van der Waals surface area (Å²) in [7, 11) is 0. The molecule has 1 aromatic carbocycles. The van der Waals surface area contributed by atoms with Gasteiger partial charge in [-0.15, -0.1) is 0 Å². The van der Waals surface area contributed by atoms with Crippen molar-refractivity contribution in [3.05, 3.63) is 53.7 Å². The molecular formula is C28H36N6O6. The molecule has 40 heavy (non-hydrogen) atoms. The number of nitrogens with zero attached hydrogens (tertiary/aromatic N) is 1. The topological polar surface area (TPSA) is 172 Å². The monoisotopic (exact) mass is 552 g/mol. The summed E-state index contributed by atoms with van der Waals surface area (Å²) in [6.45, 7) is 4.10. The van der Waals surface area contributed by atoms with Gasteiger partial charge in [-0.1, -0.05) is 44.2 Å². The zero-order valence-electron chi connectivity index (χ0n) is 22.7. The van der Waals surface area contributed by atoms with Gasteiger partial charge in [0.15, 0.2) is 5.69 Å². The van der Waals surface area contributed by atoms with Crippen LogP contribution in [-0.2, 0) is 25.6 Å². The van der Waals surface area contributed by atoms with Crippen molar-refractivity contribution in [3.8, 4) is 0 Å². The Bertz CT molecular complexity index is 1230. The average Bonchev–Trinajstić information content (AvgIpc) is 3.59. The molecule has 0 radical (unpaired) electrons. The van der Waals surface area contributed by atoms with Crippen LogP contribution in [0.25, 0.3) is 0 Å². The average molecular weight is 553 g/mol. The molecule has 12 heteroatoms. The van der Waals surface area contributed by atoms with Gasteiger partial charge in [0.1, 0.15) is 30.4 Å². The van der Waals surface area contributed by atoms with Gasteiger partial charge in [0.05, 0.1) is 0 Å². The first-order valence-electron chi connectivity index (χ1n) is 13.7. The Morgan fingerprint density at radius 1 is 1.02 bits per heavy atom. The van der Waals surface area contributed by atoms with Crippen molar-refractivity contribution in [1.82, 2.24) is 31.6 Å². The lowest BCUT2D eigenvalue weighted by Gasteiger charge is -2.26. The number of aromatic nitrogens is 1. The van der Waals surface area contributed by atoms with Crippen molar-refractivity contribution >= 4 is 29.5 Å². The van der Waals surface area contributed by atoms with Crippen LogP contribution in [-0.4, -0.2) is 59.2 Å². The second-order valence-corrected chi connectivity index (χ2v) is 10.5. The number of fused-ring (bicyclic) bond motifs is 2. The van der Waals surface area contributed by atoms with Crippen LogP contribution in [0.5, 0.6) is 0 Å². The summed E-state index contributed by atoms with van der Waals surface area (Å²) in [6, 6.07) is 6.01. The molecule has 214 valence electrons.